The molecule has 1 aromatic rings. The Morgan fingerprint density at radius 3 is 2.59 bits per heavy atom. The van der Waals surface area contributed by atoms with Crippen molar-refractivity contribution in [3.63, 3.8) is 0 Å². The molecule has 1 amide bonds. The quantitative estimate of drug-likeness (QED) is 0.905. The zero-order valence-electron chi connectivity index (χ0n) is 14.2. The fourth-order valence-electron chi connectivity index (χ4n) is 3.12. The van der Waals surface area contributed by atoms with Crippen LogP contribution in [0.1, 0.15) is 38.8 Å². The van der Waals surface area contributed by atoms with Gasteiger partial charge in [0.1, 0.15) is 0 Å². The molecule has 1 N–H and O–H groups in total. The Morgan fingerprint density at radius 2 is 2.00 bits per heavy atom. The summed E-state index contributed by atoms with van der Waals surface area (Å²) in [5, 5.41) is 10.0. The van der Waals surface area contributed by atoms with Gasteiger partial charge in [0.05, 0.1) is 11.6 Å². The maximum atomic E-state index is 12.8. The van der Waals surface area contributed by atoms with Gasteiger partial charge in [-0.15, -0.1) is 0 Å². The number of rotatable bonds is 5. The van der Waals surface area contributed by atoms with Gasteiger partial charge >= 0.3 is 0 Å². The normalized spacial score (nSPS) is 16.5. The summed E-state index contributed by atoms with van der Waals surface area (Å²) in [6.07, 6.45) is 0.923. The van der Waals surface area contributed by atoms with Crippen LogP contribution in [0.25, 0.3) is 0 Å². The van der Waals surface area contributed by atoms with E-state index in [4.69, 9.17) is 0 Å². The van der Waals surface area contributed by atoms with E-state index >= 15 is 0 Å². The van der Waals surface area contributed by atoms with Crippen molar-refractivity contribution in [3.05, 3.63) is 35.4 Å². The fraction of sp³-hybridized carbons (Fsp3) is 0.611. The standard InChI is InChI=1S/C18H28N2O2/c1-5-19(13-18(3,4)22)14(2)17(21)20-11-10-15-8-6-7-9-16(15)12-20/h6-9,14,22H,5,10-13H2,1-4H3. The number of carbonyl (C=O) groups is 1. The minimum Gasteiger partial charge on any atom is -0.389 e. The molecule has 2 rings (SSSR count). The van der Waals surface area contributed by atoms with Crippen molar-refractivity contribution >= 4 is 5.91 Å². The molecule has 0 saturated heterocycles. The van der Waals surface area contributed by atoms with Crippen LogP contribution in [0.4, 0.5) is 0 Å². The van der Waals surface area contributed by atoms with Gasteiger partial charge in [-0.05, 0) is 44.9 Å². The molecule has 4 heteroatoms. The molecule has 1 aliphatic heterocycles. The molecule has 1 unspecified atom stereocenters. The van der Waals surface area contributed by atoms with Gasteiger partial charge in [0.2, 0.25) is 5.91 Å². The van der Waals surface area contributed by atoms with Crippen LogP contribution in [0.2, 0.25) is 0 Å². The maximum absolute atomic E-state index is 12.8. The second kappa shape index (κ2) is 6.80. The predicted molar refractivity (Wildman–Crippen MR) is 88.6 cm³/mol. The lowest BCUT2D eigenvalue weighted by molar-refractivity contribution is -0.138. The number of benzene rings is 1. The molecule has 1 aromatic carbocycles. The van der Waals surface area contributed by atoms with Gasteiger partial charge in [-0.3, -0.25) is 9.69 Å². The molecule has 1 heterocycles. The third-order valence-corrected chi connectivity index (χ3v) is 4.34. The van der Waals surface area contributed by atoms with Gasteiger partial charge in [-0.25, -0.2) is 0 Å². The molecule has 22 heavy (non-hydrogen) atoms. The molecule has 0 bridgehead atoms. The van der Waals surface area contributed by atoms with E-state index in [2.05, 4.69) is 18.2 Å². The van der Waals surface area contributed by atoms with Crippen molar-refractivity contribution < 1.29 is 9.90 Å². The number of carbonyl (C=O) groups excluding carboxylic acids is 1. The van der Waals surface area contributed by atoms with Gasteiger partial charge in [-0.1, -0.05) is 31.2 Å². The molecule has 1 atom stereocenters. The number of likely N-dealkylation sites (N-methyl/N-ethyl adjacent to an activating group) is 1. The Hall–Kier alpha value is -1.39. The highest BCUT2D eigenvalue weighted by molar-refractivity contribution is 5.81. The highest BCUT2D eigenvalue weighted by Crippen LogP contribution is 2.20. The molecule has 0 fully saturated rings. The molecule has 0 aliphatic carbocycles. The number of nitrogens with zero attached hydrogens (tertiary/aromatic N) is 2. The van der Waals surface area contributed by atoms with Crippen LogP contribution < -0.4 is 0 Å². The smallest absolute Gasteiger partial charge is 0.239 e. The number of hydrogen-bond acceptors (Lipinski definition) is 3. The lowest BCUT2D eigenvalue weighted by atomic mass is 9.99. The zero-order chi connectivity index (χ0) is 16.3. The molecular formula is C18H28N2O2. The van der Waals surface area contributed by atoms with E-state index in [9.17, 15) is 9.90 Å². The largest absolute Gasteiger partial charge is 0.389 e. The van der Waals surface area contributed by atoms with Crippen molar-refractivity contribution in [1.29, 1.82) is 0 Å². The molecule has 122 valence electrons. The van der Waals surface area contributed by atoms with Gasteiger partial charge < -0.3 is 10.0 Å². The van der Waals surface area contributed by atoms with Crippen molar-refractivity contribution in [2.45, 2.75) is 52.3 Å². The Labute approximate surface area is 133 Å². The second-order valence-electron chi connectivity index (χ2n) is 6.83. The topological polar surface area (TPSA) is 43.8 Å². The summed E-state index contributed by atoms with van der Waals surface area (Å²) in [7, 11) is 0. The van der Waals surface area contributed by atoms with Crippen LogP contribution in [0.15, 0.2) is 24.3 Å². The fourth-order valence-corrected chi connectivity index (χ4v) is 3.12. The molecular weight excluding hydrogens is 276 g/mol. The highest BCUT2D eigenvalue weighted by Gasteiger charge is 2.30. The number of amides is 1. The third-order valence-electron chi connectivity index (χ3n) is 4.34. The highest BCUT2D eigenvalue weighted by atomic mass is 16.3. The maximum Gasteiger partial charge on any atom is 0.239 e. The average Bonchev–Trinajstić information content (AvgIpc) is 2.49. The molecule has 0 radical (unpaired) electrons. The minimum atomic E-state index is -0.793. The Kier molecular flexibility index (Phi) is 5.24. The van der Waals surface area contributed by atoms with E-state index in [1.807, 2.05) is 29.7 Å². The summed E-state index contributed by atoms with van der Waals surface area (Å²) in [6.45, 7) is 10.3. The van der Waals surface area contributed by atoms with Gasteiger partial charge in [0, 0.05) is 19.6 Å². The molecule has 0 aromatic heterocycles. The average molecular weight is 304 g/mol. The number of aliphatic hydroxyl groups is 1. The van der Waals surface area contributed by atoms with Crippen molar-refractivity contribution in [3.8, 4) is 0 Å². The Morgan fingerprint density at radius 1 is 1.36 bits per heavy atom. The van der Waals surface area contributed by atoms with Crippen LogP contribution >= 0.6 is 0 Å². The lowest BCUT2D eigenvalue weighted by Gasteiger charge is -2.36. The zero-order valence-corrected chi connectivity index (χ0v) is 14.2. The van der Waals surface area contributed by atoms with Crippen molar-refractivity contribution in [2.75, 3.05) is 19.6 Å². The monoisotopic (exact) mass is 304 g/mol. The van der Waals surface area contributed by atoms with E-state index < -0.39 is 5.60 Å². The van der Waals surface area contributed by atoms with E-state index in [0.29, 0.717) is 13.1 Å². The molecule has 1 aliphatic rings. The molecule has 0 spiro atoms. The SMILES string of the molecule is CCN(CC(C)(C)O)C(C)C(=O)N1CCc2ccccc2C1. The van der Waals surface area contributed by atoms with Crippen molar-refractivity contribution in [2.24, 2.45) is 0 Å². The van der Waals surface area contributed by atoms with Gasteiger partial charge in [0.25, 0.3) is 0 Å². The van der Waals surface area contributed by atoms with Gasteiger partial charge in [-0.2, -0.15) is 0 Å². The van der Waals surface area contributed by atoms with Crippen LogP contribution in [-0.4, -0.2) is 52.1 Å². The van der Waals surface area contributed by atoms with Gasteiger partial charge in [0.15, 0.2) is 0 Å². The Bertz CT molecular complexity index is 522. The van der Waals surface area contributed by atoms with Crippen LogP contribution in [0, 0.1) is 0 Å². The summed E-state index contributed by atoms with van der Waals surface area (Å²) >= 11 is 0. The second-order valence-corrected chi connectivity index (χ2v) is 6.83. The first-order valence-corrected chi connectivity index (χ1v) is 8.14. The van der Waals surface area contributed by atoms with E-state index in [1.165, 1.54) is 11.1 Å². The van der Waals surface area contributed by atoms with E-state index in [0.717, 1.165) is 19.5 Å². The van der Waals surface area contributed by atoms with Crippen molar-refractivity contribution in [1.82, 2.24) is 9.80 Å². The predicted octanol–water partition coefficient (Wildman–Crippen LogP) is 2.05. The first kappa shape index (κ1) is 17.0. The summed E-state index contributed by atoms with van der Waals surface area (Å²) in [6, 6.07) is 8.13. The summed E-state index contributed by atoms with van der Waals surface area (Å²) in [4.78, 5) is 16.8. The first-order valence-electron chi connectivity index (χ1n) is 8.14. The summed E-state index contributed by atoms with van der Waals surface area (Å²) in [5.74, 6) is 0.153. The number of fused-ring (bicyclic) bond motifs is 1. The van der Waals surface area contributed by atoms with E-state index in [-0.39, 0.29) is 11.9 Å². The molecule has 4 nitrogen and oxygen atoms in total. The van der Waals surface area contributed by atoms with Crippen LogP contribution in [0.5, 0.6) is 0 Å². The first-order chi connectivity index (χ1) is 10.3. The third kappa shape index (κ3) is 4.08. The lowest BCUT2D eigenvalue weighted by Crippen LogP contribution is -2.51. The number of hydrogen-bond donors (Lipinski definition) is 1. The summed E-state index contributed by atoms with van der Waals surface area (Å²) < 4.78 is 0. The van der Waals surface area contributed by atoms with Crippen LogP contribution in [-0.2, 0) is 17.8 Å². The van der Waals surface area contributed by atoms with E-state index in [1.54, 1.807) is 13.8 Å². The molecule has 0 saturated carbocycles. The summed E-state index contributed by atoms with van der Waals surface area (Å²) in [5.41, 5.74) is 1.81. The van der Waals surface area contributed by atoms with Crippen LogP contribution in [0.3, 0.4) is 0 Å². The Balaban J connectivity index is 2.05. The minimum absolute atomic E-state index is 0.153.